The number of hydrogen-bond donors (Lipinski definition) is 0. The summed E-state index contributed by atoms with van der Waals surface area (Å²) in [5, 5.41) is 0. The Labute approximate surface area is 64.4 Å². The van der Waals surface area contributed by atoms with Crippen LogP contribution in [0.1, 0.15) is 5.56 Å². The van der Waals surface area contributed by atoms with Crippen molar-refractivity contribution in [2.75, 3.05) is 6.01 Å². The lowest BCUT2D eigenvalue weighted by Crippen LogP contribution is -1.77. The van der Waals surface area contributed by atoms with Crippen LogP contribution in [0.4, 0.5) is 4.39 Å². The normalized spacial score (nSPS) is 9.70. The van der Waals surface area contributed by atoms with Gasteiger partial charge in [-0.1, -0.05) is 30.3 Å². The highest BCUT2D eigenvalue weighted by atomic mass is 32.2. The zero-order valence-corrected chi connectivity index (χ0v) is 6.40. The molecule has 0 fully saturated rings. The van der Waals surface area contributed by atoms with Crippen molar-refractivity contribution in [2.24, 2.45) is 0 Å². The van der Waals surface area contributed by atoms with Crippen LogP contribution < -0.4 is 0 Å². The largest absolute Gasteiger partial charge is 0.239 e. The summed E-state index contributed by atoms with van der Waals surface area (Å²) in [6.07, 6.45) is 0. The summed E-state index contributed by atoms with van der Waals surface area (Å²) in [5.74, 6) is 0.775. The lowest BCUT2D eigenvalue weighted by Gasteiger charge is -1.95. The van der Waals surface area contributed by atoms with Crippen molar-refractivity contribution in [2.45, 2.75) is 5.75 Å². The van der Waals surface area contributed by atoms with Crippen molar-refractivity contribution >= 4 is 11.8 Å². The van der Waals surface area contributed by atoms with Gasteiger partial charge in [0, 0.05) is 5.75 Å². The van der Waals surface area contributed by atoms with Crippen LogP contribution in [0, 0.1) is 0 Å². The van der Waals surface area contributed by atoms with E-state index in [2.05, 4.69) is 0 Å². The fourth-order valence-corrected chi connectivity index (χ4v) is 1.24. The van der Waals surface area contributed by atoms with Gasteiger partial charge < -0.3 is 0 Å². The number of hydrogen-bond acceptors (Lipinski definition) is 1. The second kappa shape index (κ2) is 4.34. The molecule has 0 heterocycles. The highest BCUT2D eigenvalue weighted by molar-refractivity contribution is 7.98. The van der Waals surface area contributed by atoms with Crippen LogP contribution in [0.3, 0.4) is 0 Å². The molecule has 0 bridgehead atoms. The van der Waals surface area contributed by atoms with Gasteiger partial charge in [0.25, 0.3) is 0 Å². The second-order valence-corrected chi connectivity index (χ2v) is 2.86. The Balaban J connectivity index is 2.43. The fraction of sp³-hybridized carbons (Fsp3) is 0.250. The van der Waals surface area contributed by atoms with Crippen molar-refractivity contribution in [3.8, 4) is 0 Å². The Hall–Kier alpha value is -0.500. The summed E-state index contributed by atoms with van der Waals surface area (Å²) in [6, 6.07) is 9.60. The fourth-order valence-electron chi connectivity index (χ4n) is 0.731. The molecule has 0 spiro atoms. The van der Waals surface area contributed by atoms with Crippen molar-refractivity contribution in [3.05, 3.63) is 35.9 Å². The topological polar surface area (TPSA) is 0 Å². The minimum Gasteiger partial charge on any atom is -0.239 e. The Bertz CT molecular complexity index is 174. The molecule has 0 saturated carbocycles. The minimum atomic E-state index is -0.297. The summed E-state index contributed by atoms with van der Waals surface area (Å²) >= 11 is 1.29. The van der Waals surface area contributed by atoms with Gasteiger partial charge in [-0.05, 0) is 5.56 Å². The smallest absolute Gasteiger partial charge is 0.135 e. The summed E-state index contributed by atoms with van der Waals surface area (Å²) in [4.78, 5) is 0. The SMILES string of the molecule is FCSCc1ccccc1. The van der Waals surface area contributed by atoms with Crippen LogP contribution in [0.15, 0.2) is 30.3 Å². The monoisotopic (exact) mass is 156 g/mol. The minimum absolute atomic E-state index is 0.297. The quantitative estimate of drug-likeness (QED) is 0.648. The van der Waals surface area contributed by atoms with E-state index in [0.717, 1.165) is 5.75 Å². The van der Waals surface area contributed by atoms with Crippen molar-refractivity contribution < 1.29 is 4.39 Å². The third kappa shape index (κ3) is 2.40. The average Bonchev–Trinajstić information content (AvgIpc) is 2.03. The molecule has 0 atom stereocenters. The average molecular weight is 156 g/mol. The third-order valence-electron chi connectivity index (χ3n) is 1.19. The highest BCUT2D eigenvalue weighted by Crippen LogP contribution is 2.10. The Kier molecular flexibility index (Phi) is 3.30. The van der Waals surface area contributed by atoms with E-state index in [1.807, 2.05) is 30.3 Å². The molecule has 0 aliphatic heterocycles. The molecule has 0 aliphatic carbocycles. The molecule has 1 aromatic carbocycles. The maximum atomic E-state index is 11.6. The first-order valence-corrected chi connectivity index (χ1v) is 4.26. The van der Waals surface area contributed by atoms with E-state index in [9.17, 15) is 4.39 Å². The molecule has 2 heteroatoms. The first kappa shape index (κ1) is 7.61. The Morgan fingerprint density at radius 3 is 2.50 bits per heavy atom. The van der Waals surface area contributed by atoms with Crippen LogP contribution in [0.5, 0.6) is 0 Å². The van der Waals surface area contributed by atoms with E-state index >= 15 is 0 Å². The predicted molar refractivity (Wildman–Crippen MR) is 43.7 cm³/mol. The van der Waals surface area contributed by atoms with Crippen LogP contribution >= 0.6 is 11.8 Å². The molecule has 54 valence electrons. The lowest BCUT2D eigenvalue weighted by atomic mass is 10.2. The summed E-state index contributed by atoms with van der Waals surface area (Å²) < 4.78 is 11.6. The van der Waals surface area contributed by atoms with E-state index < -0.39 is 0 Å². The molecule has 0 radical (unpaired) electrons. The van der Waals surface area contributed by atoms with Crippen LogP contribution in [-0.2, 0) is 5.75 Å². The molecule has 0 aromatic heterocycles. The van der Waals surface area contributed by atoms with Crippen LogP contribution in [0.2, 0.25) is 0 Å². The van der Waals surface area contributed by atoms with E-state index in [1.165, 1.54) is 17.3 Å². The molecule has 0 unspecified atom stereocenters. The van der Waals surface area contributed by atoms with Gasteiger partial charge in [-0.25, -0.2) is 4.39 Å². The molecule has 1 rings (SSSR count). The number of halogens is 1. The molecule has 0 aliphatic rings. The number of rotatable bonds is 3. The standard InChI is InChI=1S/C8H9FS/c9-7-10-6-8-4-2-1-3-5-8/h1-5H,6-7H2. The second-order valence-electron chi connectivity index (χ2n) is 1.94. The maximum absolute atomic E-state index is 11.6. The van der Waals surface area contributed by atoms with Crippen molar-refractivity contribution in [3.63, 3.8) is 0 Å². The molecule has 0 amide bonds. The van der Waals surface area contributed by atoms with Gasteiger partial charge in [0.05, 0.1) is 0 Å². The van der Waals surface area contributed by atoms with Gasteiger partial charge in [0.15, 0.2) is 0 Å². The van der Waals surface area contributed by atoms with Gasteiger partial charge >= 0.3 is 0 Å². The highest BCUT2D eigenvalue weighted by Gasteiger charge is 1.88. The van der Waals surface area contributed by atoms with Gasteiger partial charge in [-0.3, -0.25) is 0 Å². The third-order valence-corrected chi connectivity index (χ3v) is 1.88. The van der Waals surface area contributed by atoms with Gasteiger partial charge in [-0.2, -0.15) is 0 Å². The molecule has 1 aromatic rings. The zero-order valence-electron chi connectivity index (χ0n) is 5.59. The summed E-state index contributed by atoms with van der Waals surface area (Å²) in [6.45, 7) is 0. The summed E-state index contributed by atoms with van der Waals surface area (Å²) in [5.41, 5.74) is 1.19. The van der Waals surface area contributed by atoms with E-state index in [0.29, 0.717) is 0 Å². The molecule has 10 heavy (non-hydrogen) atoms. The number of alkyl halides is 1. The van der Waals surface area contributed by atoms with Crippen molar-refractivity contribution in [1.82, 2.24) is 0 Å². The molecule has 0 nitrogen and oxygen atoms in total. The van der Waals surface area contributed by atoms with Gasteiger partial charge in [0.2, 0.25) is 0 Å². The molecule has 0 N–H and O–H groups in total. The van der Waals surface area contributed by atoms with E-state index in [1.54, 1.807) is 0 Å². The van der Waals surface area contributed by atoms with E-state index in [-0.39, 0.29) is 6.01 Å². The van der Waals surface area contributed by atoms with Crippen LogP contribution in [0.25, 0.3) is 0 Å². The molecule has 0 saturated heterocycles. The molecular formula is C8H9FS. The zero-order chi connectivity index (χ0) is 7.23. The van der Waals surface area contributed by atoms with Gasteiger partial charge in [0.1, 0.15) is 6.01 Å². The first-order chi connectivity index (χ1) is 4.93. The number of benzene rings is 1. The first-order valence-electron chi connectivity index (χ1n) is 3.11. The molecular weight excluding hydrogens is 147 g/mol. The number of thioether (sulfide) groups is 1. The van der Waals surface area contributed by atoms with Crippen LogP contribution in [-0.4, -0.2) is 6.01 Å². The maximum Gasteiger partial charge on any atom is 0.135 e. The predicted octanol–water partition coefficient (Wildman–Crippen LogP) is 2.85. The summed E-state index contributed by atoms with van der Waals surface area (Å²) in [7, 11) is 0. The van der Waals surface area contributed by atoms with Gasteiger partial charge in [-0.15, -0.1) is 11.8 Å². The Morgan fingerprint density at radius 1 is 1.20 bits per heavy atom. The lowest BCUT2D eigenvalue weighted by molar-refractivity contribution is 0.605. The van der Waals surface area contributed by atoms with Crippen molar-refractivity contribution in [1.29, 1.82) is 0 Å². The van der Waals surface area contributed by atoms with E-state index in [4.69, 9.17) is 0 Å². The Morgan fingerprint density at radius 2 is 1.90 bits per heavy atom.